The van der Waals surface area contributed by atoms with E-state index in [0.29, 0.717) is 24.7 Å². The Balaban J connectivity index is 2.13. The van der Waals surface area contributed by atoms with Crippen molar-refractivity contribution in [1.82, 2.24) is 0 Å². The lowest BCUT2D eigenvalue weighted by atomic mass is 10.3. The number of alkyl halides is 1. The van der Waals surface area contributed by atoms with Gasteiger partial charge in [0.1, 0.15) is 13.2 Å². The van der Waals surface area contributed by atoms with Crippen LogP contribution in [0.5, 0.6) is 17.2 Å². The minimum absolute atomic E-state index is 0.254. The van der Waals surface area contributed by atoms with Crippen LogP contribution in [0.25, 0.3) is 0 Å². The number of rotatable bonds is 2. The molecule has 1 heterocycles. The Bertz CT molecular complexity index is 418. The van der Waals surface area contributed by atoms with Crippen molar-refractivity contribution < 1.29 is 23.7 Å². The fourth-order valence-electron chi connectivity index (χ4n) is 1.37. The zero-order chi connectivity index (χ0) is 12.3. The topological polar surface area (TPSA) is 54.0 Å². The third kappa shape index (κ3) is 2.94. The smallest absolute Gasteiger partial charge is 0.486 e. The first kappa shape index (κ1) is 11.9. The molecule has 1 aromatic carbocycles. The Morgan fingerprint density at radius 2 is 2.18 bits per heavy atom. The molecule has 1 unspecified atom stereocenters. The van der Waals surface area contributed by atoms with Gasteiger partial charge in [0.05, 0.1) is 0 Å². The van der Waals surface area contributed by atoms with Crippen LogP contribution in [0, 0.1) is 0 Å². The van der Waals surface area contributed by atoms with Crippen LogP contribution in [-0.2, 0) is 4.74 Å². The average molecular weight is 259 g/mol. The maximum atomic E-state index is 11.3. The number of para-hydroxylation sites is 1. The molecule has 6 heteroatoms. The molecule has 17 heavy (non-hydrogen) atoms. The molecule has 92 valence electrons. The number of benzene rings is 1. The van der Waals surface area contributed by atoms with Gasteiger partial charge in [-0.1, -0.05) is 17.7 Å². The summed E-state index contributed by atoms with van der Waals surface area (Å²) in [7, 11) is 0. The van der Waals surface area contributed by atoms with Crippen LogP contribution in [0.3, 0.4) is 0 Å². The van der Waals surface area contributed by atoms with Gasteiger partial charge >= 0.3 is 6.16 Å². The average Bonchev–Trinajstić information content (AvgIpc) is 2.28. The van der Waals surface area contributed by atoms with Crippen molar-refractivity contribution in [3.05, 3.63) is 18.2 Å². The van der Waals surface area contributed by atoms with Gasteiger partial charge in [-0.2, -0.15) is 0 Å². The Morgan fingerprint density at radius 3 is 2.94 bits per heavy atom. The highest BCUT2D eigenvalue weighted by Gasteiger charge is 2.19. The van der Waals surface area contributed by atoms with Gasteiger partial charge in [0.15, 0.2) is 17.1 Å². The van der Waals surface area contributed by atoms with Crippen molar-refractivity contribution in [2.75, 3.05) is 13.2 Å². The molecular weight excluding hydrogens is 248 g/mol. The van der Waals surface area contributed by atoms with E-state index in [2.05, 4.69) is 4.74 Å². The van der Waals surface area contributed by atoms with Crippen LogP contribution in [0.2, 0.25) is 0 Å². The summed E-state index contributed by atoms with van der Waals surface area (Å²) in [5, 5.41) is 0. The largest absolute Gasteiger partial charge is 0.515 e. The van der Waals surface area contributed by atoms with E-state index in [0.717, 1.165) is 0 Å². The molecule has 0 spiro atoms. The summed E-state index contributed by atoms with van der Waals surface area (Å²) in [4.78, 5) is 11.3. The van der Waals surface area contributed by atoms with Crippen LogP contribution >= 0.6 is 11.6 Å². The predicted molar refractivity (Wildman–Crippen MR) is 59.9 cm³/mol. The highest BCUT2D eigenvalue weighted by atomic mass is 35.5. The molecule has 1 aliphatic rings. The van der Waals surface area contributed by atoms with E-state index in [9.17, 15) is 4.79 Å². The summed E-state index contributed by atoms with van der Waals surface area (Å²) >= 11 is 5.50. The molecule has 0 saturated carbocycles. The summed E-state index contributed by atoms with van der Waals surface area (Å²) in [6.07, 6.45) is -0.880. The van der Waals surface area contributed by atoms with Crippen LogP contribution < -0.4 is 14.2 Å². The first-order chi connectivity index (χ1) is 8.16. The number of fused-ring (bicyclic) bond motifs is 1. The van der Waals surface area contributed by atoms with Crippen molar-refractivity contribution in [2.24, 2.45) is 0 Å². The normalized spacial score (nSPS) is 14.9. The molecule has 2 rings (SSSR count). The predicted octanol–water partition coefficient (Wildman–Crippen LogP) is 2.56. The van der Waals surface area contributed by atoms with Gasteiger partial charge in [0.2, 0.25) is 5.75 Å². The van der Waals surface area contributed by atoms with Crippen LogP contribution in [0.4, 0.5) is 4.79 Å². The Morgan fingerprint density at radius 1 is 1.41 bits per heavy atom. The quantitative estimate of drug-likeness (QED) is 0.464. The fraction of sp³-hybridized carbons (Fsp3) is 0.364. The van der Waals surface area contributed by atoms with Gasteiger partial charge in [-0.25, -0.2) is 4.79 Å². The molecule has 1 atom stereocenters. The summed E-state index contributed by atoms with van der Waals surface area (Å²) in [6.45, 7) is 2.40. The molecule has 1 aromatic rings. The maximum Gasteiger partial charge on any atom is 0.515 e. The molecule has 0 saturated heterocycles. The second-order valence-electron chi connectivity index (χ2n) is 3.29. The SMILES string of the molecule is CC(Cl)OC(=O)Oc1cccc2c1OCCO2. The van der Waals surface area contributed by atoms with Crippen molar-refractivity contribution in [3.63, 3.8) is 0 Å². The summed E-state index contributed by atoms with van der Waals surface area (Å²) in [5.41, 5.74) is -0.751. The van der Waals surface area contributed by atoms with E-state index >= 15 is 0 Å². The molecule has 0 aliphatic carbocycles. The minimum atomic E-state index is -0.880. The zero-order valence-corrected chi connectivity index (χ0v) is 9.90. The number of carbonyl (C=O) groups is 1. The summed E-state index contributed by atoms with van der Waals surface area (Å²) in [6, 6.07) is 5.02. The van der Waals surface area contributed by atoms with Crippen molar-refractivity contribution >= 4 is 17.8 Å². The Hall–Kier alpha value is -1.62. The lowest BCUT2D eigenvalue weighted by Gasteiger charge is -2.20. The molecule has 1 aliphatic heterocycles. The highest BCUT2D eigenvalue weighted by molar-refractivity contribution is 6.19. The minimum Gasteiger partial charge on any atom is -0.486 e. The third-order valence-electron chi connectivity index (χ3n) is 1.98. The number of carbonyl (C=O) groups excluding carboxylic acids is 1. The number of halogens is 1. The number of ether oxygens (including phenoxy) is 4. The molecule has 0 radical (unpaired) electrons. The van der Waals surface area contributed by atoms with Gasteiger partial charge in [-0.15, -0.1) is 0 Å². The van der Waals surface area contributed by atoms with Gasteiger partial charge < -0.3 is 18.9 Å². The first-order valence-electron chi connectivity index (χ1n) is 5.08. The summed E-state index contributed by atoms with van der Waals surface area (Å²) < 4.78 is 20.3. The molecular formula is C11H11ClO5. The van der Waals surface area contributed by atoms with Crippen molar-refractivity contribution in [1.29, 1.82) is 0 Å². The van der Waals surface area contributed by atoms with Crippen LogP contribution in [0.15, 0.2) is 18.2 Å². The van der Waals surface area contributed by atoms with E-state index in [1.807, 2.05) is 0 Å². The lowest BCUT2D eigenvalue weighted by molar-refractivity contribution is 0.0889. The van der Waals surface area contributed by atoms with Gasteiger partial charge in [-0.05, 0) is 19.1 Å². The van der Waals surface area contributed by atoms with Crippen molar-refractivity contribution in [3.8, 4) is 17.2 Å². The van der Waals surface area contributed by atoms with Crippen LogP contribution in [0.1, 0.15) is 6.92 Å². The Kier molecular flexibility index (Phi) is 3.58. The van der Waals surface area contributed by atoms with Crippen LogP contribution in [-0.4, -0.2) is 24.9 Å². The van der Waals surface area contributed by atoms with E-state index in [1.165, 1.54) is 6.92 Å². The van der Waals surface area contributed by atoms with Gasteiger partial charge in [0.25, 0.3) is 0 Å². The number of hydrogen-bond donors (Lipinski definition) is 0. The highest BCUT2D eigenvalue weighted by Crippen LogP contribution is 2.39. The fourth-order valence-corrected chi connectivity index (χ4v) is 1.45. The van der Waals surface area contributed by atoms with E-state index in [4.69, 9.17) is 25.8 Å². The van der Waals surface area contributed by atoms with Gasteiger partial charge in [-0.3, -0.25) is 0 Å². The van der Waals surface area contributed by atoms with E-state index < -0.39 is 11.7 Å². The molecule has 5 nitrogen and oxygen atoms in total. The third-order valence-corrected chi connectivity index (χ3v) is 2.07. The zero-order valence-electron chi connectivity index (χ0n) is 9.14. The lowest BCUT2D eigenvalue weighted by Crippen LogP contribution is -2.18. The second-order valence-corrected chi connectivity index (χ2v) is 3.91. The van der Waals surface area contributed by atoms with E-state index in [-0.39, 0.29) is 5.75 Å². The standard InChI is InChI=1S/C11H11ClO5/c1-7(12)16-11(13)17-9-4-2-3-8-10(9)15-6-5-14-8/h2-4,7H,5-6H2,1H3. The number of hydrogen-bond acceptors (Lipinski definition) is 5. The molecule has 0 fully saturated rings. The molecule has 0 aromatic heterocycles. The second kappa shape index (κ2) is 5.14. The van der Waals surface area contributed by atoms with E-state index in [1.54, 1.807) is 18.2 Å². The molecule has 0 N–H and O–H groups in total. The monoisotopic (exact) mass is 258 g/mol. The molecule has 0 amide bonds. The maximum absolute atomic E-state index is 11.3. The van der Waals surface area contributed by atoms with Crippen molar-refractivity contribution in [2.45, 2.75) is 12.5 Å². The first-order valence-corrected chi connectivity index (χ1v) is 5.51. The van der Waals surface area contributed by atoms with Gasteiger partial charge in [0, 0.05) is 0 Å². The summed E-state index contributed by atoms with van der Waals surface area (Å²) in [5.74, 6) is 1.20. The Labute approximate surface area is 103 Å². The molecule has 0 bridgehead atoms.